The van der Waals surface area contributed by atoms with Gasteiger partial charge in [0.1, 0.15) is 6.10 Å². The summed E-state index contributed by atoms with van der Waals surface area (Å²) in [6.45, 7) is 0. The molecular formula is C11H10O4. The molecule has 0 amide bonds. The minimum absolute atomic E-state index is 0.220. The SMILES string of the molecule is O=C(O)[C@@H]1C[C@@H](c2ccccc2)OC1=O. The van der Waals surface area contributed by atoms with E-state index in [1.807, 2.05) is 30.3 Å². The number of rotatable bonds is 2. The first-order valence-electron chi connectivity index (χ1n) is 4.66. The molecular weight excluding hydrogens is 196 g/mol. The highest BCUT2D eigenvalue weighted by molar-refractivity contribution is 5.95. The minimum Gasteiger partial charge on any atom is -0.481 e. The van der Waals surface area contributed by atoms with Gasteiger partial charge >= 0.3 is 11.9 Å². The molecule has 1 aliphatic heterocycles. The Morgan fingerprint density at radius 2 is 2.00 bits per heavy atom. The van der Waals surface area contributed by atoms with Gasteiger partial charge in [0, 0.05) is 6.42 Å². The van der Waals surface area contributed by atoms with Crippen molar-refractivity contribution in [2.75, 3.05) is 0 Å². The van der Waals surface area contributed by atoms with E-state index in [0.717, 1.165) is 5.56 Å². The maximum Gasteiger partial charge on any atom is 0.321 e. The minimum atomic E-state index is -1.11. The molecule has 4 heteroatoms. The second kappa shape index (κ2) is 3.73. The van der Waals surface area contributed by atoms with E-state index in [1.54, 1.807) is 0 Å². The first-order chi connectivity index (χ1) is 7.18. The molecule has 15 heavy (non-hydrogen) atoms. The fourth-order valence-electron chi connectivity index (χ4n) is 1.65. The first-order valence-corrected chi connectivity index (χ1v) is 4.66. The van der Waals surface area contributed by atoms with Crippen LogP contribution in [0.15, 0.2) is 30.3 Å². The van der Waals surface area contributed by atoms with Crippen LogP contribution in [0.4, 0.5) is 0 Å². The summed E-state index contributed by atoms with van der Waals surface area (Å²) in [6.07, 6.45) is -0.196. The van der Waals surface area contributed by atoms with Crippen molar-refractivity contribution in [2.24, 2.45) is 5.92 Å². The van der Waals surface area contributed by atoms with Crippen molar-refractivity contribution in [3.05, 3.63) is 35.9 Å². The number of aliphatic carboxylic acids is 1. The lowest BCUT2D eigenvalue weighted by Crippen LogP contribution is -2.17. The summed E-state index contributed by atoms with van der Waals surface area (Å²) < 4.78 is 5.00. The van der Waals surface area contributed by atoms with Gasteiger partial charge in [-0.25, -0.2) is 0 Å². The summed E-state index contributed by atoms with van der Waals surface area (Å²) in [4.78, 5) is 21.9. The molecule has 78 valence electrons. The van der Waals surface area contributed by atoms with Gasteiger partial charge in [-0.2, -0.15) is 0 Å². The zero-order valence-corrected chi connectivity index (χ0v) is 7.92. The Bertz CT molecular complexity index is 385. The highest BCUT2D eigenvalue weighted by atomic mass is 16.6. The molecule has 0 radical (unpaired) electrons. The zero-order valence-electron chi connectivity index (χ0n) is 7.92. The molecule has 0 spiro atoms. The second-order valence-electron chi connectivity index (χ2n) is 3.46. The Hall–Kier alpha value is -1.84. The van der Waals surface area contributed by atoms with E-state index in [-0.39, 0.29) is 6.42 Å². The molecule has 1 aliphatic rings. The highest BCUT2D eigenvalue weighted by Crippen LogP contribution is 2.33. The quantitative estimate of drug-likeness (QED) is 0.586. The summed E-state index contributed by atoms with van der Waals surface area (Å²) in [5.41, 5.74) is 0.842. The van der Waals surface area contributed by atoms with Gasteiger partial charge in [0.05, 0.1) is 0 Å². The highest BCUT2D eigenvalue weighted by Gasteiger charge is 2.40. The van der Waals surface area contributed by atoms with Crippen LogP contribution in [0.5, 0.6) is 0 Å². The standard InChI is InChI=1S/C11H10O4/c12-10(13)8-6-9(15-11(8)14)7-4-2-1-3-5-7/h1-5,8-9H,6H2,(H,12,13)/t8-,9-/m0/s1. The topological polar surface area (TPSA) is 63.6 Å². The lowest BCUT2D eigenvalue weighted by Gasteiger charge is -2.07. The molecule has 1 fully saturated rings. The molecule has 0 saturated carbocycles. The molecule has 1 saturated heterocycles. The number of hydrogen-bond acceptors (Lipinski definition) is 3. The van der Waals surface area contributed by atoms with Crippen molar-refractivity contribution >= 4 is 11.9 Å². The van der Waals surface area contributed by atoms with E-state index in [0.29, 0.717) is 0 Å². The lowest BCUT2D eigenvalue weighted by molar-refractivity contribution is -0.153. The smallest absolute Gasteiger partial charge is 0.321 e. The summed E-state index contributed by atoms with van der Waals surface area (Å²) in [6, 6.07) is 9.16. The Morgan fingerprint density at radius 3 is 2.53 bits per heavy atom. The number of carboxylic acid groups (broad SMARTS) is 1. The molecule has 1 heterocycles. The third kappa shape index (κ3) is 1.83. The van der Waals surface area contributed by atoms with Crippen LogP contribution in [0.25, 0.3) is 0 Å². The number of ether oxygens (including phenoxy) is 1. The lowest BCUT2D eigenvalue weighted by atomic mass is 10.0. The van der Waals surface area contributed by atoms with Gasteiger partial charge in [-0.15, -0.1) is 0 Å². The molecule has 1 aromatic rings. The van der Waals surface area contributed by atoms with Crippen LogP contribution in [0.3, 0.4) is 0 Å². The second-order valence-corrected chi connectivity index (χ2v) is 3.46. The molecule has 0 unspecified atom stereocenters. The Labute approximate surface area is 86.5 Å². The van der Waals surface area contributed by atoms with Crippen molar-refractivity contribution < 1.29 is 19.4 Å². The summed E-state index contributed by atoms with van der Waals surface area (Å²) in [7, 11) is 0. The van der Waals surface area contributed by atoms with Crippen LogP contribution < -0.4 is 0 Å². The van der Waals surface area contributed by atoms with E-state index >= 15 is 0 Å². The number of carboxylic acids is 1. The molecule has 0 bridgehead atoms. The number of cyclic esters (lactones) is 1. The fourth-order valence-corrected chi connectivity index (χ4v) is 1.65. The largest absolute Gasteiger partial charge is 0.481 e. The number of carbonyl (C=O) groups is 2. The molecule has 2 rings (SSSR count). The van der Waals surface area contributed by atoms with Gasteiger partial charge in [0.2, 0.25) is 0 Å². The maximum atomic E-state index is 11.2. The molecule has 2 atom stereocenters. The molecule has 1 aromatic carbocycles. The first kappa shape index (κ1) is 9.71. The molecule has 4 nitrogen and oxygen atoms in total. The van der Waals surface area contributed by atoms with Crippen LogP contribution >= 0.6 is 0 Å². The predicted octanol–water partition coefficient (Wildman–Crippen LogP) is 1.38. The van der Waals surface area contributed by atoms with Gasteiger partial charge < -0.3 is 9.84 Å². The van der Waals surface area contributed by atoms with E-state index in [2.05, 4.69) is 0 Å². The number of benzene rings is 1. The van der Waals surface area contributed by atoms with E-state index < -0.39 is 24.0 Å². The fraction of sp³-hybridized carbons (Fsp3) is 0.273. The maximum absolute atomic E-state index is 11.2. The van der Waals surface area contributed by atoms with Crippen molar-refractivity contribution in [1.29, 1.82) is 0 Å². The van der Waals surface area contributed by atoms with Crippen molar-refractivity contribution in [1.82, 2.24) is 0 Å². The average molecular weight is 206 g/mol. The van der Waals surface area contributed by atoms with E-state index in [9.17, 15) is 9.59 Å². The van der Waals surface area contributed by atoms with Crippen LogP contribution in [0, 0.1) is 5.92 Å². The number of carbonyl (C=O) groups excluding carboxylic acids is 1. The summed E-state index contributed by atoms with van der Waals surface area (Å²) >= 11 is 0. The van der Waals surface area contributed by atoms with Gasteiger partial charge in [-0.1, -0.05) is 30.3 Å². The van der Waals surface area contributed by atoms with Gasteiger partial charge in [-0.3, -0.25) is 9.59 Å². The monoisotopic (exact) mass is 206 g/mol. The van der Waals surface area contributed by atoms with Crippen LogP contribution in [0.1, 0.15) is 18.1 Å². The van der Waals surface area contributed by atoms with Crippen molar-refractivity contribution in [2.45, 2.75) is 12.5 Å². The molecule has 1 N–H and O–H groups in total. The van der Waals surface area contributed by atoms with Crippen molar-refractivity contribution in [3.63, 3.8) is 0 Å². The average Bonchev–Trinajstić information content (AvgIpc) is 2.62. The zero-order chi connectivity index (χ0) is 10.8. The molecule has 0 aromatic heterocycles. The Kier molecular flexibility index (Phi) is 2.41. The Balaban J connectivity index is 2.16. The van der Waals surface area contributed by atoms with Gasteiger partial charge in [-0.05, 0) is 5.56 Å². The Morgan fingerprint density at radius 1 is 1.33 bits per heavy atom. The summed E-state index contributed by atoms with van der Waals surface area (Å²) in [5.74, 6) is -2.77. The third-order valence-corrected chi connectivity index (χ3v) is 2.46. The third-order valence-electron chi connectivity index (χ3n) is 2.46. The van der Waals surface area contributed by atoms with Crippen molar-refractivity contribution in [3.8, 4) is 0 Å². The van der Waals surface area contributed by atoms with Crippen LogP contribution in [0.2, 0.25) is 0 Å². The van der Waals surface area contributed by atoms with E-state index in [4.69, 9.17) is 9.84 Å². The van der Waals surface area contributed by atoms with Gasteiger partial charge in [0.15, 0.2) is 5.92 Å². The van der Waals surface area contributed by atoms with Gasteiger partial charge in [0.25, 0.3) is 0 Å². The normalized spacial score (nSPS) is 24.9. The number of esters is 1. The predicted molar refractivity (Wildman–Crippen MR) is 51.0 cm³/mol. The number of hydrogen-bond donors (Lipinski definition) is 1. The van der Waals surface area contributed by atoms with E-state index in [1.165, 1.54) is 0 Å². The summed E-state index contributed by atoms with van der Waals surface area (Å²) in [5, 5.41) is 8.75. The van der Waals surface area contributed by atoms with Crippen LogP contribution in [-0.4, -0.2) is 17.0 Å². The van der Waals surface area contributed by atoms with Crippen LogP contribution in [-0.2, 0) is 14.3 Å². The molecule has 0 aliphatic carbocycles.